The Hall–Kier alpha value is -1.02. The molecule has 2 nitrogen and oxygen atoms in total. The zero-order valence-electron chi connectivity index (χ0n) is 12.2. The third-order valence-electron chi connectivity index (χ3n) is 3.19. The molecular formula is C16H28O2. The molecule has 0 aromatic heterocycles. The standard InChI is InChI=1S/C16H26O.H2O/c1-5-6-7-8-9-13-10-11-15(17)14(12-13)16(2,3)4;/h10-12,17H,5-9H2,1-4H3;1H2. The van der Waals surface area contributed by atoms with Gasteiger partial charge in [-0.05, 0) is 35.4 Å². The molecule has 0 bridgehead atoms. The predicted octanol–water partition coefficient (Wildman–Crippen LogP) is 3.99. The lowest BCUT2D eigenvalue weighted by Crippen LogP contribution is -2.11. The maximum atomic E-state index is 9.88. The molecule has 18 heavy (non-hydrogen) atoms. The van der Waals surface area contributed by atoms with E-state index < -0.39 is 0 Å². The highest BCUT2D eigenvalue weighted by Crippen LogP contribution is 2.31. The van der Waals surface area contributed by atoms with Gasteiger partial charge in [-0.25, -0.2) is 0 Å². The van der Waals surface area contributed by atoms with Gasteiger partial charge >= 0.3 is 0 Å². The topological polar surface area (TPSA) is 51.7 Å². The lowest BCUT2D eigenvalue weighted by atomic mass is 9.85. The Balaban J connectivity index is 0.00000289. The van der Waals surface area contributed by atoms with Crippen LogP contribution < -0.4 is 0 Å². The fourth-order valence-electron chi connectivity index (χ4n) is 2.10. The summed E-state index contributed by atoms with van der Waals surface area (Å²) >= 11 is 0. The molecule has 1 aromatic carbocycles. The molecule has 0 spiro atoms. The van der Waals surface area contributed by atoms with Gasteiger partial charge in [0.05, 0.1) is 0 Å². The lowest BCUT2D eigenvalue weighted by Gasteiger charge is -2.21. The summed E-state index contributed by atoms with van der Waals surface area (Å²) in [5, 5.41) is 9.88. The van der Waals surface area contributed by atoms with Crippen molar-refractivity contribution in [2.45, 2.75) is 65.2 Å². The van der Waals surface area contributed by atoms with E-state index in [1.165, 1.54) is 31.2 Å². The number of unbranched alkanes of at least 4 members (excludes halogenated alkanes) is 3. The normalized spacial score (nSPS) is 11.1. The van der Waals surface area contributed by atoms with Crippen LogP contribution in [0.15, 0.2) is 18.2 Å². The molecule has 0 heterocycles. The number of aryl methyl sites for hydroxylation is 1. The van der Waals surface area contributed by atoms with E-state index in [1.807, 2.05) is 6.07 Å². The van der Waals surface area contributed by atoms with Crippen LogP contribution in [0, 0.1) is 0 Å². The van der Waals surface area contributed by atoms with Crippen molar-refractivity contribution in [3.05, 3.63) is 29.3 Å². The summed E-state index contributed by atoms with van der Waals surface area (Å²) in [7, 11) is 0. The number of rotatable bonds is 5. The van der Waals surface area contributed by atoms with Gasteiger partial charge in [-0.15, -0.1) is 0 Å². The summed E-state index contributed by atoms with van der Waals surface area (Å²) in [6, 6.07) is 6.06. The second kappa shape index (κ2) is 7.42. The molecule has 0 atom stereocenters. The highest BCUT2D eigenvalue weighted by molar-refractivity contribution is 5.40. The molecule has 0 aliphatic carbocycles. The van der Waals surface area contributed by atoms with Gasteiger partial charge in [0.25, 0.3) is 0 Å². The summed E-state index contributed by atoms with van der Waals surface area (Å²) in [5.41, 5.74) is 2.43. The Kier molecular flexibility index (Phi) is 7.00. The van der Waals surface area contributed by atoms with Gasteiger partial charge in [0.1, 0.15) is 5.75 Å². The number of benzene rings is 1. The molecule has 0 fully saturated rings. The Morgan fingerprint density at radius 2 is 1.72 bits per heavy atom. The van der Waals surface area contributed by atoms with E-state index in [1.54, 1.807) is 0 Å². The summed E-state index contributed by atoms with van der Waals surface area (Å²) in [6.07, 6.45) is 6.29. The highest BCUT2D eigenvalue weighted by Gasteiger charge is 2.18. The summed E-state index contributed by atoms with van der Waals surface area (Å²) < 4.78 is 0. The van der Waals surface area contributed by atoms with Crippen LogP contribution >= 0.6 is 0 Å². The summed E-state index contributed by atoms with van der Waals surface area (Å²) in [4.78, 5) is 0. The van der Waals surface area contributed by atoms with Crippen molar-refractivity contribution in [1.82, 2.24) is 0 Å². The van der Waals surface area contributed by atoms with E-state index in [0.717, 1.165) is 12.0 Å². The zero-order valence-corrected chi connectivity index (χ0v) is 12.2. The Morgan fingerprint density at radius 1 is 1.06 bits per heavy atom. The van der Waals surface area contributed by atoms with Crippen LogP contribution in [0.1, 0.15) is 64.5 Å². The first kappa shape index (κ1) is 17.0. The van der Waals surface area contributed by atoms with Crippen LogP contribution in [0.5, 0.6) is 5.75 Å². The molecule has 0 aliphatic heterocycles. The second-order valence-corrected chi connectivity index (χ2v) is 5.91. The predicted molar refractivity (Wildman–Crippen MR) is 78.3 cm³/mol. The molecule has 0 radical (unpaired) electrons. The molecule has 3 N–H and O–H groups in total. The van der Waals surface area contributed by atoms with Crippen LogP contribution in [0.2, 0.25) is 0 Å². The maximum Gasteiger partial charge on any atom is 0.119 e. The van der Waals surface area contributed by atoms with Crippen LogP contribution in [0.3, 0.4) is 0 Å². The van der Waals surface area contributed by atoms with E-state index in [4.69, 9.17) is 0 Å². The van der Waals surface area contributed by atoms with E-state index in [2.05, 4.69) is 39.8 Å². The molecule has 0 saturated carbocycles. The van der Waals surface area contributed by atoms with Crippen molar-refractivity contribution in [2.75, 3.05) is 0 Å². The molecule has 0 unspecified atom stereocenters. The van der Waals surface area contributed by atoms with E-state index >= 15 is 0 Å². The number of phenols is 1. The number of aromatic hydroxyl groups is 1. The molecule has 2 heteroatoms. The van der Waals surface area contributed by atoms with Gasteiger partial charge in [-0.1, -0.05) is 59.1 Å². The number of hydrogen-bond acceptors (Lipinski definition) is 1. The first-order chi connectivity index (χ1) is 7.95. The van der Waals surface area contributed by atoms with Gasteiger partial charge in [-0.3, -0.25) is 0 Å². The first-order valence-electron chi connectivity index (χ1n) is 6.77. The van der Waals surface area contributed by atoms with Crippen molar-refractivity contribution in [3.8, 4) is 5.75 Å². The largest absolute Gasteiger partial charge is 0.508 e. The SMILES string of the molecule is CCCCCCc1ccc(O)c(C(C)(C)C)c1.O. The van der Waals surface area contributed by atoms with Crippen molar-refractivity contribution in [3.63, 3.8) is 0 Å². The van der Waals surface area contributed by atoms with E-state index in [9.17, 15) is 5.11 Å². The average molecular weight is 252 g/mol. The smallest absolute Gasteiger partial charge is 0.119 e. The van der Waals surface area contributed by atoms with E-state index in [-0.39, 0.29) is 10.9 Å². The van der Waals surface area contributed by atoms with Gasteiger partial charge in [-0.2, -0.15) is 0 Å². The zero-order chi connectivity index (χ0) is 12.9. The Morgan fingerprint density at radius 3 is 2.28 bits per heavy atom. The number of phenolic OH excluding ortho intramolecular Hbond substituents is 1. The van der Waals surface area contributed by atoms with Gasteiger partial charge in [0.15, 0.2) is 0 Å². The van der Waals surface area contributed by atoms with Crippen molar-refractivity contribution < 1.29 is 10.6 Å². The maximum absolute atomic E-state index is 9.88. The average Bonchev–Trinajstić information content (AvgIpc) is 2.25. The molecule has 1 aromatic rings. The Labute approximate surface area is 111 Å². The van der Waals surface area contributed by atoms with Crippen molar-refractivity contribution in [1.29, 1.82) is 0 Å². The molecular weight excluding hydrogens is 224 g/mol. The van der Waals surface area contributed by atoms with E-state index in [0.29, 0.717) is 5.75 Å². The molecule has 104 valence electrons. The van der Waals surface area contributed by atoms with Crippen LogP contribution in [0.25, 0.3) is 0 Å². The van der Waals surface area contributed by atoms with Crippen LogP contribution in [0.4, 0.5) is 0 Å². The molecule has 1 rings (SSSR count). The third-order valence-corrected chi connectivity index (χ3v) is 3.19. The molecule has 0 saturated heterocycles. The minimum Gasteiger partial charge on any atom is -0.508 e. The van der Waals surface area contributed by atoms with Crippen LogP contribution in [-0.4, -0.2) is 10.6 Å². The fraction of sp³-hybridized carbons (Fsp3) is 0.625. The molecule has 0 aliphatic rings. The number of hydrogen-bond donors (Lipinski definition) is 1. The minimum atomic E-state index is 0. The first-order valence-corrected chi connectivity index (χ1v) is 6.77. The third kappa shape index (κ3) is 5.09. The van der Waals surface area contributed by atoms with Gasteiger partial charge in [0.2, 0.25) is 0 Å². The highest BCUT2D eigenvalue weighted by atomic mass is 16.3. The second-order valence-electron chi connectivity index (χ2n) is 5.91. The quantitative estimate of drug-likeness (QED) is 0.791. The minimum absolute atomic E-state index is 0. The van der Waals surface area contributed by atoms with Crippen LogP contribution in [-0.2, 0) is 11.8 Å². The fourth-order valence-corrected chi connectivity index (χ4v) is 2.10. The lowest BCUT2D eigenvalue weighted by molar-refractivity contribution is 0.446. The van der Waals surface area contributed by atoms with Gasteiger partial charge in [0, 0.05) is 0 Å². The van der Waals surface area contributed by atoms with Crippen molar-refractivity contribution >= 4 is 0 Å². The Bertz CT molecular complexity index is 351. The summed E-state index contributed by atoms with van der Waals surface area (Å²) in [6.45, 7) is 8.66. The molecule has 0 amide bonds. The summed E-state index contributed by atoms with van der Waals surface area (Å²) in [5.74, 6) is 0.426. The van der Waals surface area contributed by atoms with Crippen molar-refractivity contribution in [2.24, 2.45) is 0 Å². The monoisotopic (exact) mass is 252 g/mol. The van der Waals surface area contributed by atoms with Gasteiger partial charge < -0.3 is 10.6 Å².